The van der Waals surface area contributed by atoms with E-state index in [-0.39, 0.29) is 11.7 Å². The molecule has 132 valence electrons. The fourth-order valence-corrected chi connectivity index (χ4v) is 4.41. The largest absolute Gasteiger partial charge is 0.469 e. The van der Waals surface area contributed by atoms with Crippen LogP contribution >= 0.6 is 0 Å². The van der Waals surface area contributed by atoms with Crippen LogP contribution in [0.25, 0.3) is 0 Å². The normalized spacial score (nSPS) is 26.6. The molecule has 1 aliphatic carbocycles. The van der Waals surface area contributed by atoms with Crippen LogP contribution in [0.5, 0.6) is 0 Å². The minimum Gasteiger partial charge on any atom is -0.469 e. The number of anilines is 1. The van der Waals surface area contributed by atoms with Gasteiger partial charge in [-0.25, -0.2) is 9.97 Å². The molecule has 3 heterocycles. The van der Waals surface area contributed by atoms with Crippen molar-refractivity contribution in [3.63, 3.8) is 0 Å². The zero-order chi connectivity index (χ0) is 17.6. The number of nitrogens with zero attached hydrogens (tertiary/aromatic N) is 3. The van der Waals surface area contributed by atoms with Gasteiger partial charge in [0.05, 0.1) is 23.2 Å². The summed E-state index contributed by atoms with van der Waals surface area (Å²) in [4.78, 5) is 24.6. The van der Waals surface area contributed by atoms with Crippen LogP contribution in [0.4, 0.5) is 5.95 Å². The number of Topliss-reactive ketones (excluding diaryl/α,β-unsaturated/α-hetero) is 1. The number of hydrogen-bond donors (Lipinski definition) is 0. The summed E-state index contributed by atoms with van der Waals surface area (Å²) < 4.78 is 5.54. The standard InChI is InChI=1S/C20H25N3O2/c1-12-6-4-7-13(2)23(12)20-21-14(3)19-16(22-20)10-15(11-17(19)24)18-8-5-9-25-18/h5,8-9,12-13,15H,4,6-7,10-11H2,1-3H3/t12-,13-,15-/m1/s1. The van der Waals surface area contributed by atoms with Gasteiger partial charge >= 0.3 is 0 Å². The van der Waals surface area contributed by atoms with Gasteiger partial charge in [-0.3, -0.25) is 4.79 Å². The summed E-state index contributed by atoms with van der Waals surface area (Å²) in [5, 5.41) is 0. The minimum atomic E-state index is 0.0772. The molecule has 0 radical (unpaired) electrons. The molecular weight excluding hydrogens is 314 g/mol. The first-order valence-corrected chi connectivity index (χ1v) is 9.27. The number of piperidine rings is 1. The van der Waals surface area contributed by atoms with E-state index in [0.717, 1.165) is 47.9 Å². The molecule has 2 aromatic rings. The molecule has 0 spiro atoms. The van der Waals surface area contributed by atoms with Crippen LogP contribution < -0.4 is 4.90 Å². The maximum absolute atomic E-state index is 12.7. The highest BCUT2D eigenvalue weighted by molar-refractivity contribution is 5.99. The fraction of sp³-hybridized carbons (Fsp3) is 0.550. The molecule has 0 unspecified atom stereocenters. The van der Waals surface area contributed by atoms with Crippen molar-refractivity contribution in [2.45, 2.75) is 70.9 Å². The highest BCUT2D eigenvalue weighted by atomic mass is 16.3. The third-order valence-corrected chi connectivity index (χ3v) is 5.67. The average molecular weight is 339 g/mol. The molecule has 4 rings (SSSR count). The molecule has 0 aromatic carbocycles. The van der Waals surface area contributed by atoms with E-state index in [2.05, 4.69) is 18.7 Å². The molecule has 25 heavy (non-hydrogen) atoms. The van der Waals surface area contributed by atoms with E-state index in [1.54, 1.807) is 6.26 Å². The molecule has 1 aliphatic heterocycles. The maximum atomic E-state index is 12.7. The van der Waals surface area contributed by atoms with Gasteiger partial charge in [-0.05, 0) is 52.2 Å². The minimum absolute atomic E-state index is 0.0772. The number of carbonyl (C=O) groups is 1. The molecule has 0 saturated carbocycles. The summed E-state index contributed by atoms with van der Waals surface area (Å²) in [6.07, 6.45) is 6.46. The second-order valence-electron chi connectivity index (χ2n) is 7.51. The van der Waals surface area contributed by atoms with Crippen LogP contribution in [0.15, 0.2) is 22.8 Å². The van der Waals surface area contributed by atoms with Gasteiger partial charge in [0.1, 0.15) is 5.76 Å². The topological polar surface area (TPSA) is 59.2 Å². The van der Waals surface area contributed by atoms with E-state index in [0.29, 0.717) is 18.5 Å². The van der Waals surface area contributed by atoms with Gasteiger partial charge in [-0.15, -0.1) is 0 Å². The van der Waals surface area contributed by atoms with Crippen molar-refractivity contribution in [1.29, 1.82) is 0 Å². The summed E-state index contributed by atoms with van der Waals surface area (Å²) in [6.45, 7) is 6.42. The quantitative estimate of drug-likeness (QED) is 0.826. The van der Waals surface area contributed by atoms with Crippen molar-refractivity contribution in [1.82, 2.24) is 9.97 Å². The van der Waals surface area contributed by atoms with Crippen LogP contribution in [0, 0.1) is 6.92 Å². The molecule has 0 bridgehead atoms. The average Bonchev–Trinajstić information content (AvgIpc) is 3.08. The van der Waals surface area contributed by atoms with Crippen molar-refractivity contribution in [2.24, 2.45) is 0 Å². The lowest BCUT2D eigenvalue weighted by Gasteiger charge is -2.39. The van der Waals surface area contributed by atoms with E-state index in [9.17, 15) is 4.79 Å². The highest BCUT2D eigenvalue weighted by Gasteiger charge is 2.33. The zero-order valence-electron chi connectivity index (χ0n) is 15.2. The number of aromatic nitrogens is 2. The Morgan fingerprint density at radius 2 is 1.92 bits per heavy atom. The van der Waals surface area contributed by atoms with E-state index < -0.39 is 0 Å². The van der Waals surface area contributed by atoms with Gasteiger partial charge in [0.25, 0.3) is 0 Å². The van der Waals surface area contributed by atoms with Gasteiger partial charge < -0.3 is 9.32 Å². The van der Waals surface area contributed by atoms with Crippen molar-refractivity contribution in [3.8, 4) is 0 Å². The van der Waals surface area contributed by atoms with Crippen LogP contribution in [0.2, 0.25) is 0 Å². The van der Waals surface area contributed by atoms with Crippen molar-refractivity contribution < 1.29 is 9.21 Å². The van der Waals surface area contributed by atoms with Gasteiger partial charge in [0, 0.05) is 30.8 Å². The van der Waals surface area contributed by atoms with Gasteiger partial charge in [-0.2, -0.15) is 0 Å². The second-order valence-corrected chi connectivity index (χ2v) is 7.51. The van der Waals surface area contributed by atoms with Crippen molar-refractivity contribution in [3.05, 3.63) is 41.1 Å². The number of hydrogen-bond acceptors (Lipinski definition) is 5. The Hall–Kier alpha value is -2.17. The highest BCUT2D eigenvalue weighted by Crippen LogP contribution is 2.35. The van der Waals surface area contributed by atoms with Gasteiger partial charge in [-0.1, -0.05) is 0 Å². The second kappa shape index (κ2) is 6.28. The molecule has 5 nitrogen and oxygen atoms in total. The molecular formula is C20H25N3O2. The number of furan rings is 1. The number of aryl methyl sites for hydroxylation is 1. The van der Waals surface area contributed by atoms with Crippen LogP contribution in [0.3, 0.4) is 0 Å². The third-order valence-electron chi connectivity index (χ3n) is 5.67. The lowest BCUT2D eigenvalue weighted by molar-refractivity contribution is 0.0958. The predicted molar refractivity (Wildman–Crippen MR) is 96.1 cm³/mol. The molecule has 2 aromatic heterocycles. The summed E-state index contributed by atoms with van der Waals surface area (Å²) in [5.41, 5.74) is 2.42. The van der Waals surface area contributed by atoms with E-state index in [1.165, 1.54) is 6.42 Å². The van der Waals surface area contributed by atoms with Crippen molar-refractivity contribution >= 4 is 11.7 Å². The number of carbonyl (C=O) groups excluding carboxylic acids is 1. The summed E-state index contributed by atoms with van der Waals surface area (Å²) >= 11 is 0. The van der Waals surface area contributed by atoms with E-state index in [1.807, 2.05) is 19.1 Å². The maximum Gasteiger partial charge on any atom is 0.226 e. The molecule has 0 amide bonds. The van der Waals surface area contributed by atoms with Crippen molar-refractivity contribution in [2.75, 3.05) is 4.90 Å². The lowest BCUT2D eigenvalue weighted by Crippen LogP contribution is -2.45. The molecule has 1 fully saturated rings. The first-order valence-electron chi connectivity index (χ1n) is 9.27. The number of fused-ring (bicyclic) bond motifs is 1. The van der Waals surface area contributed by atoms with E-state index in [4.69, 9.17) is 14.4 Å². The van der Waals surface area contributed by atoms with Gasteiger partial charge in [0.2, 0.25) is 5.95 Å². The lowest BCUT2D eigenvalue weighted by atomic mass is 9.84. The summed E-state index contributed by atoms with van der Waals surface area (Å²) in [6, 6.07) is 4.69. The summed E-state index contributed by atoms with van der Waals surface area (Å²) in [5.74, 6) is 1.86. The molecule has 0 N–H and O–H groups in total. The Morgan fingerprint density at radius 1 is 1.16 bits per heavy atom. The molecule has 3 atom stereocenters. The smallest absolute Gasteiger partial charge is 0.226 e. The SMILES string of the molecule is Cc1nc(N2[C@H](C)CCC[C@H]2C)nc2c1C(=O)C[C@H](c1ccco1)C2. The first-order chi connectivity index (χ1) is 12.0. The number of rotatable bonds is 2. The Labute approximate surface area is 148 Å². The monoisotopic (exact) mass is 339 g/mol. The Bertz CT molecular complexity index is 774. The van der Waals surface area contributed by atoms with Crippen LogP contribution in [-0.4, -0.2) is 27.8 Å². The first kappa shape index (κ1) is 16.3. The zero-order valence-corrected chi connectivity index (χ0v) is 15.2. The third kappa shape index (κ3) is 2.86. The van der Waals surface area contributed by atoms with Crippen LogP contribution in [0.1, 0.15) is 73.0 Å². The number of ketones is 1. The Balaban J connectivity index is 1.73. The van der Waals surface area contributed by atoms with Crippen LogP contribution in [-0.2, 0) is 6.42 Å². The fourth-order valence-electron chi connectivity index (χ4n) is 4.41. The van der Waals surface area contributed by atoms with Gasteiger partial charge in [0.15, 0.2) is 5.78 Å². The molecule has 5 heteroatoms. The Morgan fingerprint density at radius 3 is 2.60 bits per heavy atom. The summed E-state index contributed by atoms with van der Waals surface area (Å²) in [7, 11) is 0. The van der Waals surface area contributed by atoms with E-state index >= 15 is 0 Å². The Kier molecular flexibility index (Phi) is 4.10. The molecule has 2 aliphatic rings. The predicted octanol–water partition coefficient (Wildman–Crippen LogP) is 4.06. The molecule has 1 saturated heterocycles.